The normalized spacial score (nSPS) is 31.8. The third kappa shape index (κ3) is 3.57. The van der Waals surface area contributed by atoms with E-state index in [1.165, 1.54) is 49.7 Å². The number of rotatable bonds is 0. The van der Waals surface area contributed by atoms with E-state index in [0.717, 1.165) is 5.92 Å². The molecule has 1 nitrogen and oxygen atoms in total. The smallest absolute Gasteiger partial charge is 0.0782 e. The molecule has 1 heterocycles. The fourth-order valence-electron chi connectivity index (χ4n) is 2.16. The van der Waals surface area contributed by atoms with E-state index in [2.05, 4.69) is 21.0 Å². The van der Waals surface area contributed by atoms with E-state index in [1.807, 2.05) is 0 Å². The van der Waals surface area contributed by atoms with Gasteiger partial charge in [0.1, 0.15) is 0 Å². The second-order valence-electron chi connectivity index (χ2n) is 5.13. The van der Waals surface area contributed by atoms with Gasteiger partial charge in [-0.2, -0.15) is 0 Å². The quantitative estimate of drug-likeness (QED) is 0.490. The number of quaternary nitrogens is 1. The molecule has 72 valence electrons. The average molecular weight is 170 g/mol. The van der Waals surface area contributed by atoms with Crippen molar-refractivity contribution in [2.24, 2.45) is 5.92 Å². The van der Waals surface area contributed by atoms with E-state index in [9.17, 15) is 0 Å². The van der Waals surface area contributed by atoms with Crippen molar-refractivity contribution in [2.45, 2.75) is 39.0 Å². The first kappa shape index (κ1) is 10.0. The Kier molecular flexibility index (Phi) is 3.57. The van der Waals surface area contributed by atoms with Crippen LogP contribution in [-0.4, -0.2) is 31.7 Å². The molecule has 0 aliphatic carbocycles. The van der Waals surface area contributed by atoms with Gasteiger partial charge in [-0.1, -0.05) is 13.3 Å². The van der Waals surface area contributed by atoms with Gasteiger partial charge in [0.05, 0.1) is 27.2 Å². The molecule has 1 saturated heterocycles. The summed E-state index contributed by atoms with van der Waals surface area (Å²) in [5.74, 6) is 0.975. The van der Waals surface area contributed by atoms with Crippen LogP contribution in [0.2, 0.25) is 0 Å². The minimum Gasteiger partial charge on any atom is -0.328 e. The summed E-state index contributed by atoms with van der Waals surface area (Å²) in [6.45, 7) is 5.17. The lowest BCUT2D eigenvalue weighted by molar-refractivity contribution is -0.890. The number of nitrogens with zero attached hydrogens (tertiary/aromatic N) is 1. The lowest BCUT2D eigenvalue weighted by Gasteiger charge is -2.29. The van der Waals surface area contributed by atoms with Gasteiger partial charge in [0.25, 0.3) is 0 Å². The van der Waals surface area contributed by atoms with Crippen molar-refractivity contribution in [3.05, 3.63) is 0 Å². The molecule has 0 amide bonds. The van der Waals surface area contributed by atoms with Crippen molar-refractivity contribution >= 4 is 0 Å². The van der Waals surface area contributed by atoms with Crippen LogP contribution in [0, 0.1) is 5.92 Å². The summed E-state index contributed by atoms with van der Waals surface area (Å²) in [5, 5.41) is 0. The third-order valence-corrected chi connectivity index (χ3v) is 3.17. The number of hydrogen-bond donors (Lipinski definition) is 0. The highest BCUT2D eigenvalue weighted by Crippen LogP contribution is 2.18. The molecule has 0 bridgehead atoms. The minimum absolute atomic E-state index is 0.975. The van der Waals surface area contributed by atoms with E-state index in [1.54, 1.807) is 0 Å². The van der Waals surface area contributed by atoms with Gasteiger partial charge in [-0.3, -0.25) is 0 Å². The first-order valence-corrected chi connectivity index (χ1v) is 5.42. The van der Waals surface area contributed by atoms with Gasteiger partial charge < -0.3 is 4.48 Å². The molecule has 0 aromatic rings. The zero-order valence-electron chi connectivity index (χ0n) is 8.97. The van der Waals surface area contributed by atoms with Gasteiger partial charge in [0, 0.05) is 0 Å². The predicted octanol–water partition coefficient (Wildman–Crippen LogP) is 2.66. The van der Waals surface area contributed by atoms with E-state index in [0.29, 0.717) is 0 Å². The molecule has 1 rings (SSSR count). The standard InChI is InChI=1S/C11H24N/c1-11-7-4-5-9-12(2,3)10-6-8-11/h11H,4-10H2,1-3H3/q+1. The second-order valence-corrected chi connectivity index (χ2v) is 5.13. The Hall–Kier alpha value is -0.0400. The van der Waals surface area contributed by atoms with Crippen LogP contribution in [0.3, 0.4) is 0 Å². The van der Waals surface area contributed by atoms with Crippen molar-refractivity contribution in [3.63, 3.8) is 0 Å². The Morgan fingerprint density at radius 1 is 0.917 bits per heavy atom. The summed E-state index contributed by atoms with van der Waals surface area (Å²) in [4.78, 5) is 0. The maximum Gasteiger partial charge on any atom is 0.0782 e. The van der Waals surface area contributed by atoms with Crippen molar-refractivity contribution in [1.82, 2.24) is 0 Å². The molecule has 1 heteroatoms. The fraction of sp³-hybridized carbons (Fsp3) is 1.00. The maximum atomic E-state index is 2.41. The van der Waals surface area contributed by atoms with Gasteiger partial charge in [0.2, 0.25) is 0 Å². The Morgan fingerprint density at radius 2 is 1.50 bits per heavy atom. The monoisotopic (exact) mass is 170 g/mol. The Balaban J connectivity index is 2.37. The molecule has 0 N–H and O–H groups in total. The van der Waals surface area contributed by atoms with Gasteiger partial charge in [-0.15, -0.1) is 0 Å². The van der Waals surface area contributed by atoms with Crippen molar-refractivity contribution < 1.29 is 4.48 Å². The van der Waals surface area contributed by atoms with Gasteiger partial charge >= 0.3 is 0 Å². The summed E-state index contributed by atoms with van der Waals surface area (Å²) < 4.78 is 1.24. The molecule has 1 aliphatic heterocycles. The van der Waals surface area contributed by atoms with Crippen LogP contribution in [0.4, 0.5) is 0 Å². The minimum atomic E-state index is 0.975. The molecule has 1 fully saturated rings. The summed E-state index contributed by atoms with van der Waals surface area (Å²) in [5.41, 5.74) is 0. The molecule has 0 aromatic carbocycles. The predicted molar refractivity (Wildman–Crippen MR) is 54.1 cm³/mol. The van der Waals surface area contributed by atoms with E-state index in [4.69, 9.17) is 0 Å². The van der Waals surface area contributed by atoms with E-state index >= 15 is 0 Å². The third-order valence-electron chi connectivity index (χ3n) is 3.17. The maximum absolute atomic E-state index is 2.41. The zero-order valence-corrected chi connectivity index (χ0v) is 8.97. The average Bonchev–Trinajstić information content (AvgIpc) is 2.02. The first-order chi connectivity index (χ1) is 5.60. The van der Waals surface area contributed by atoms with Crippen LogP contribution in [0.15, 0.2) is 0 Å². The molecular formula is C11H24N+. The Morgan fingerprint density at radius 3 is 2.25 bits per heavy atom. The fourth-order valence-corrected chi connectivity index (χ4v) is 2.16. The molecule has 1 atom stereocenters. The van der Waals surface area contributed by atoms with Gasteiger partial charge in [-0.05, 0) is 31.6 Å². The second kappa shape index (κ2) is 4.27. The van der Waals surface area contributed by atoms with Crippen LogP contribution < -0.4 is 0 Å². The lowest BCUT2D eigenvalue weighted by Crippen LogP contribution is -2.40. The topological polar surface area (TPSA) is 0 Å². The lowest BCUT2D eigenvalue weighted by atomic mass is 10.00. The summed E-state index contributed by atoms with van der Waals surface area (Å²) in [7, 11) is 4.74. The highest BCUT2D eigenvalue weighted by atomic mass is 15.3. The van der Waals surface area contributed by atoms with E-state index in [-0.39, 0.29) is 0 Å². The van der Waals surface area contributed by atoms with Crippen molar-refractivity contribution in [1.29, 1.82) is 0 Å². The summed E-state index contributed by atoms with van der Waals surface area (Å²) >= 11 is 0. The van der Waals surface area contributed by atoms with Crippen molar-refractivity contribution in [2.75, 3.05) is 27.2 Å². The molecule has 0 radical (unpaired) electrons. The summed E-state index contributed by atoms with van der Waals surface area (Å²) in [6.07, 6.45) is 7.20. The molecule has 1 aliphatic rings. The van der Waals surface area contributed by atoms with Crippen LogP contribution in [0.5, 0.6) is 0 Å². The largest absolute Gasteiger partial charge is 0.328 e. The van der Waals surface area contributed by atoms with E-state index < -0.39 is 0 Å². The Bertz CT molecular complexity index is 129. The highest BCUT2D eigenvalue weighted by Gasteiger charge is 2.17. The van der Waals surface area contributed by atoms with Gasteiger partial charge in [0.15, 0.2) is 0 Å². The zero-order chi connectivity index (χ0) is 9.03. The molecule has 0 spiro atoms. The molecule has 0 aromatic heterocycles. The molecule has 0 saturated carbocycles. The SMILES string of the molecule is CC1CCCC[N+](C)(C)CCC1. The van der Waals surface area contributed by atoms with Crippen LogP contribution in [-0.2, 0) is 0 Å². The highest BCUT2D eigenvalue weighted by molar-refractivity contribution is 4.56. The van der Waals surface area contributed by atoms with Crippen LogP contribution in [0.1, 0.15) is 39.0 Å². The van der Waals surface area contributed by atoms with Crippen LogP contribution in [0.25, 0.3) is 0 Å². The summed E-state index contributed by atoms with van der Waals surface area (Å²) in [6, 6.07) is 0. The molecule has 12 heavy (non-hydrogen) atoms. The van der Waals surface area contributed by atoms with Crippen LogP contribution >= 0.6 is 0 Å². The number of hydrogen-bond acceptors (Lipinski definition) is 0. The first-order valence-electron chi connectivity index (χ1n) is 5.42. The van der Waals surface area contributed by atoms with Crippen molar-refractivity contribution in [3.8, 4) is 0 Å². The molecule has 1 unspecified atom stereocenters. The molecular weight excluding hydrogens is 146 g/mol. The van der Waals surface area contributed by atoms with Gasteiger partial charge in [-0.25, -0.2) is 0 Å². The Labute approximate surface area is 77.4 Å².